The van der Waals surface area contributed by atoms with Gasteiger partial charge >= 0.3 is 0 Å². The first kappa shape index (κ1) is 12.7. The van der Waals surface area contributed by atoms with Crippen molar-refractivity contribution in [2.75, 3.05) is 0 Å². The first-order valence-electron chi connectivity index (χ1n) is 6.96. The lowest BCUT2D eigenvalue weighted by Crippen LogP contribution is -1.99. The Labute approximate surface area is 120 Å². The number of ether oxygens (including phenoxy) is 1. The number of allylic oxidation sites excluding steroid dienone is 8. The minimum absolute atomic E-state index is 0.614. The van der Waals surface area contributed by atoms with Gasteiger partial charge in [0.2, 0.25) is 0 Å². The standard InChI is InChI=1S/C19H18O/c1-14-9-11-16(12-10-14)18-8-5-7-17-15(2)6-3-4-13-20-19(17)18/h3-9,11-14H,2,10H2,1H3/b6-3-,13-4-. The quantitative estimate of drug-likeness (QED) is 0.680. The summed E-state index contributed by atoms with van der Waals surface area (Å²) in [4.78, 5) is 0. The van der Waals surface area contributed by atoms with Crippen LogP contribution in [0.3, 0.4) is 0 Å². The normalized spacial score (nSPS) is 23.9. The van der Waals surface area contributed by atoms with Crippen molar-refractivity contribution >= 4 is 11.1 Å². The second-order valence-corrected chi connectivity index (χ2v) is 5.24. The molecule has 1 heterocycles. The molecule has 0 N–H and O–H groups in total. The molecule has 100 valence electrons. The second-order valence-electron chi connectivity index (χ2n) is 5.24. The van der Waals surface area contributed by atoms with E-state index in [-0.39, 0.29) is 0 Å². The van der Waals surface area contributed by atoms with Gasteiger partial charge in [-0.25, -0.2) is 0 Å². The molecule has 20 heavy (non-hydrogen) atoms. The first-order chi connectivity index (χ1) is 9.75. The van der Waals surface area contributed by atoms with E-state index in [1.165, 1.54) is 5.57 Å². The molecule has 0 aromatic heterocycles. The van der Waals surface area contributed by atoms with Gasteiger partial charge in [0, 0.05) is 11.1 Å². The van der Waals surface area contributed by atoms with Gasteiger partial charge in [-0.05, 0) is 29.6 Å². The molecule has 1 atom stereocenters. The highest BCUT2D eigenvalue weighted by Crippen LogP contribution is 2.37. The van der Waals surface area contributed by atoms with Crippen LogP contribution in [0, 0.1) is 5.92 Å². The van der Waals surface area contributed by atoms with Crippen molar-refractivity contribution in [2.24, 2.45) is 5.92 Å². The Bertz CT molecular complexity index is 656. The van der Waals surface area contributed by atoms with Gasteiger partial charge in [0.25, 0.3) is 0 Å². The van der Waals surface area contributed by atoms with Crippen molar-refractivity contribution < 1.29 is 4.74 Å². The summed E-state index contributed by atoms with van der Waals surface area (Å²) in [6, 6.07) is 6.23. The minimum atomic E-state index is 0.614. The third-order valence-corrected chi connectivity index (χ3v) is 3.66. The van der Waals surface area contributed by atoms with E-state index in [9.17, 15) is 0 Å². The molecule has 1 aliphatic heterocycles. The van der Waals surface area contributed by atoms with Gasteiger partial charge in [-0.3, -0.25) is 0 Å². The van der Waals surface area contributed by atoms with E-state index in [4.69, 9.17) is 4.74 Å². The Kier molecular flexibility index (Phi) is 3.42. The number of para-hydroxylation sites is 1. The maximum Gasteiger partial charge on any atom is 0.142 e. The molecule has 0 spiro atoms. The van der Waals surface area contributed by atoms with Gasteiger partial charge in [-0.1, -0.05) is 62.1 Å². The molecule has 0 fully saturated rings. The van der Waals surface area contributed by atoms with Crippen LogP contribution in [0.2, 0.25) is 0 Å². The zero-order valence-electron chi connectivity index (χ0n) is 11.7. The van der Waals surface area contributed by atoms with E-state index in [1.54, 1.807) is 6.26 Å². The second kappa shape index (κ2) is 5.38. The highest BCUT2D eigenvalue weighted by Gasteiger charge is 2.15. The number of hydrogen-bond donors (Lipinski definition) is 0. The molecule has 1 unspecified atom stereocenters. The molecule has 3 rings (SSSR count). The molecule has 0 bridgehead atoms. The lowest BCUT2D eigenvalue weighted by Gasteiger charge is -2.18. The fraction of sp³-hybridized carbons (Fsp3) is 0.158. The topological polar surface area (TPSA) is 9.23 Å². The van der Waals surface area contributed by atoms with Gasteiger partial charge < -0.3 is 4.74 Å². The van der Waals surface area contributed by atoms with Crippen molar-refractivity contribution in [1.29, 1.82) is 0 Å². The van der Waals surface area contributed by atoms with E-state index in [2.05, 4.69) is 49.9 Å². The third kappa shape index (κ3) is 2.39. The largest absolute Gasteiger partial charge is 0.464 e. The molecule has 1 heteroatoms. The average molecular weight is 262 g/mol. The molecule has 1 aromatic carbocycles. The average Bonchev–Trinajstić information content (AvgIpc) is 2.45. The molecule has 0 radical (unpaired) electrons. The van der Waals surface area contributed by atoms with Crippen LogP contribution >= 0.6 is 0 Å². The number of fused-ring (bicyclic) bond motifs is 1. The van der Waals surface area contributed by atoms with Crippen molar-refractivity contribution in [3.63, 3.8) is 0 Å². The third-order valence-electron chi connectivity index (χ3n) is 3.66. The molecule has 0 saturated carbocycles. The van der Waals surface area contributed by atoms with E-state index < -0.39 is 0 Å². The Morgan fingerprint density at radius 3 is 2.80 bits per heavy atom. The van der Waals surface area contributed by atoms with Gasteiger partial charge in [-0.15, -0.1) is 0 Å². The van der Waals surface area contributed by atoms with Crippen LogP contribution in [0.15, 0.2) is 67.5 Å². The lowest BCUT2D eigenvalue weighted by atomic mass is 9.91. The minimum Gasteiger partial charge on any atom is -0.464 e. The molecule has 0 saturated heterocycles. The van der Waals surface area contributed by atoms with Crippen molar-refractivity contribution in [3.8, 4) is 5.75 Å². The van der Waals surface area contributed by atoms with Crippen molar-refractivity contribution in [1.82, 2.24) is 0 Å². The summed E-state index contributed by atoms with van der Waals surface area (Å²) < 4.78 is 5.84. The lowest BCUT2D eigenvalue weighted by molar-refractivity contribution is 0.478. The maximum atomic E-state index is 5.84. The van der Waals surface area contributed by atoms with E-state index in [0.717, 1.165) is 28.9 Å². The highest BCUT2D eigenvalue weighted by molar-refractivity contribution is 5.85. The molecular formula is C19H18O. The summed E-state index contributed by atoms with van der Waals surface area (Å²) in [6.45, 7) is 6.34. The number of hydrogen-bond acceptors (Lipinski definition) is 1. The van der Waals surface area contributed by atoms with Crippen LogP contribution in [0.5, 0.6) is 5.75 Å². The van der Waals surface area contributed by atoms with Crippen LogP contribution in [0.4, 0.5) is 0 Å². The zero-order valence-corrected chi connectivity index (χ0v) is 11.7. The van der Waals surface area contributed by atoms with Gasteiger partial charge in [0.05, 0.1) is 6.26 Å². The fourth-order valence-corrected chi connectivity index (χ4v) is 2.49. The number of rotatable bonds is 1. The van der Waals surface area contributed by atoms with Crippen LogP contribution < -0.4 is 4.74 Å². The number of benzene rings is 1. The van der Waals surface area contributed by atoms with E-state index in [0.29, 0.717) is 5.92 Å². The fourth-order valence-electron chi connectivity index (χ4n) is 2.49. The summed E-state index contributed by atoms with van der Waals surface area (Å²) in [5.74, 6) is 1.51. The molecular weight excluding hydrogens is 244 g/mol. The molecule has 0 amide bonds. The summed E-state index contributed by atoms with van der Waals surface area (Å²) in [7, 11) is 0. The Morgan fingerprint density at radius 2 is 2.00 bits per heavy atom. The Morgan fingerprint density at radius 1 is 1.15 bits per heavy atom. The van der Waals surface area contributed by atoms with Gasteiger partial charge in [0.1, 0.15) is 5.75 Å². The van der Waals surface area contributed by atoms with E-state index in [1.807, 2.05) is 18.2 Å². The van der Waals surface area contributed by atoms with Crippen molar-refractivity contribution in [2.45, 2.75) is 13.3 Å². The highest BCUT2D eigenvalue weighted by atomic mass is 16.5. The Balaban J connectivity index is 2.10. The van der Waals surface area contributed by atoms with Crippen molar-refractivity contribution in [3.05, 3.63) is 78.6 Å². The summed E-state index contributed by atoms with van der Waals surface area (Å²) in [5, 5.41) is 0. The summed E-state index contributed by atoms with van der Waals surface area (Å²) in [5.41, 5.74) is 4.38. The van der Waals surface area contributed by atoms with Crippen LogP contribution in [-0.2, 0) is 0 Å². The summed E-state index contributed by atoms with van der Waals surface area (Å²) >= 11 is 0. The molecule has 1 aliphatic carbocycles. The van der Waals surface area contributed by atoms with Crippen LogP contribution in [0.1, 0.15) is 24.5 Å². The molecule has 1 aromatic rings. The molecule has 1 nitrogen and oxygen atoms in total. The van der Waals surface area contributed by atoms with Crippen LogP contribution in [-0.4, -0.2) is 0 Å². The van der Waals surface area contributed by atoms with Gasteiger partial charge in [0.15, 0.2) is 0 Å². The Hall–Kier alpha value is -2.28. The van der Waals surface area contributed by atoms with Crippen LogP contribution in [0.25, 0.3) is 11.1 Å². The maximum absolute atomic E-state index is 5.84. The van der Waals surface area contributed by atoms with Gasteiger partial charge in [-0.2, -0.15) is 0 Å². The predicted molar refractivity (Wildman–Crippen MR) is 85.3 cm³/mol. The zero-order chi connectivity index (χ0) is 13.9. The van der Waals surface area contributed by atoms with E-state index >= 15 is 0 Å². The summed E-state index contributed by atoms with van der Waals surface area (Å²) in [6.07, 6.45) is 15.4. The monoisotopic (exact) mass is 262 g/mol. The molecule has 2 aliphatic rings. The smallest absolute Gasteiger partial charge is 0.142 e. The predicted octanol–water partition coefficient (Wildman–Crippen LogP) is 5.14. The first-order valence-corrected chi connectivity index (χ1v) is 6.96. The SMILES string of the molecule is C=C1/C=C\C=C/Oc2c1cccc2C1=CCC(C)C=C1.